The van der Waals surface area contributed by atoms with Crippen LogP contribution in [0.3, 0.4) is 0 Å². The number of hydrogen-bond acceptors (Lipinski definition) is 7. The van der Waals surface area contributed by atoms with E-state index in [1.54, 1.807) is 32.2 Å². The van der Waals surface area contributed by atoms with Crippen LogP contribution in [0.25, 0.3) is 0 Å². The Hall–Kier alpha value is -2.71. The van der Waals surface area contributed by atoms with E-state index in [0.717, 1.165) is 5.01 Å². The molecule has 166 valence electrons. The van der Waals surface area contributed by atoms with Crippen molar-refractivity contribution in [3.63, 3.8) is 0 Å². The topological polar surface area (TPSA) is 89.0 Å². The minimum atomic E-state index is -0.712. The van der Waals surface area contributed by atoms with Gasteiger partial charge in [-0.05, 0) is 51.8 Å². The molecule has 1 aliphatic heterocycles. The number of methoxy groups -OCH3 is 1. The molecule has 0 saturated heterocycles. The standard InChI is InChI=1S/C23H28N2O5S/c1-13(2)30-11-7-10-25-19(16-8-6-9-17(12-16)29-5)18(21(27)23(25)28)20(26)22-14(3)24-15(4)31-22/h6,8-9,12-13,19,27H,7,10-11H2,1-5H3. The summed E-state index contributed by atoms with van der Waals surface area (Å²) in [7, 11) is 1.56. The highest BCUT2D eigenvalue weighted by atomic mass is 32.1. The number of carbonyl (C=O) groups excluding carboxylic acids is 2. The number of rotatable bonds is 9. The predicted octanol–water partition coefficient (Wildman–Crippen LogP) is 4.16. The van der Waals surface area contributed by atoms with Gasteiger partial charge in [0, 0.05) is 13.2 Å². The third-order valence-electron chi connectivity index (χ3n) is 5.06. The number of amides is 1. The number of aryl methyl sites for hydroxylation is 2. The highest BCUT2D eigenvalue weighted by Gasteiger charge is 2.44. The average molecular weight is 445 g/mol. The number of hydrogen-bond donors (Lipinski definition) is 1. The summed E-state index contributed by atoms with van der Waals surface area (Å²) in [6.45, 7) is 8.29. The Labute approximate surface area is 186 Å². The van der Waals surface area contributed by atoms with Crippen LogP contribution in [0.5, 0.6) is 5.75 Å². The van der Waals surface area contributed by atoms with Crippen LogP contribution in [0.4, 0.5) is 0 Å². The minimum absolute atomic E-state index is 0.0785. The maximum Gasteiger partial charge on any atom is 0.290 e. The molecule has 7 nitrogen and oxygen atoms in total. The Balaban J connectivity index is 2.00. The summed E-state index contributed by atoms with van der Waals surface area (Å²) in [6, 6.07) is 6.50. The summed E-state index contributed by atoms with van der Waals surface area (Å²) in [4.78, 5) is 32.7. The maximum atomic E-state index is 13.5. The number of ketones is 1. The van der Waals surface area contributed by atoms with Crippen LogP contribution in [-0.4, -0.2) is 53.0 Å². The minimum Gasteiger partial charge on any atom is -0.503 e. The lowest BCUT2D eigenvalue weighted by molar-refractivity contribution is -0.129. The molecule has 2 heterocycles. The van der Waals surface area contributed by atoms with Gasteiger partial charge in [-0.25, -0.2) is 4.98 Å². The smallest absolute Gasteiger partial charge is 0.290 e. The number of benzene rings is 1. The molecule has 0 aliphatic carbocycles. The third-order valence-corrected chi connectivity index (χ3v) is 6.13. The van der Waals surface area contributed by atoms with Gasteiger partial charge < -0.3 is 19.5 Å². The van der Waals surface area contributed by atoms with Crippen molar-refractivity contribution in [2.24, 2.45) is 0 Å². The SMILES string of the molecule is COc1cccc(C2C(C(=O)c3sc(C)nc3C)=C(O)C(=O)N2CCCOC(C)C)c1. The molecule has 1 amide bonds. The van der Waals surface area contributed by atoms with Gasteiger partial charge >= 0.3 is 0 Å². The normalized spacial score (nSPS) is 16.5. The maximum absolute atomic E-state index is 13.5. The number of thiazole rings is 1. The number of ether oxygens (including phenoxy) is 2. The summed E-state index contributed by atoms with van der Waals surface area (Å²) in [5, 5.41) is 11.5. The Kier molecular flexibility index (Phi) is 7.12. The Bertz CT molecular complexity index is 1010. The first kappa shape index (κ1) is 23.0. The van der Waals surface area contributed by atoms with Crippen molar-refractivity contribution in [2.75, 3.05) is 20.3 Å². The van der Waals surface area contributed by atoms with Crippen LogP contribution in [-0.2, 0) is 9.53 Å². The number of Topliss-reactive ketones (excluding diaryl/α,β-unsaturated/α-hetero) is 1. The Morgan fingerprint density at radius 1 is 1.32 bits per heavy atom. The molecule has 1 aliphatic rings. The average Bonchev–Trinajstić information content (AvgIpc) is 3.20. The third kappa shape index (κ3) is 4.80. The summed E-state index contributed by atoms with van der Waals surface area (Å²) in [6.07, 6.45) is 0.669. The van der Waals surface area contributed by atoms with E-state index in [2.05, 4.69) is 4.98 Å². The molecular formula is C23H28N2O5S. The number of aliphatic hydroxyl groups is 1. The molecule has 0 fully saturated rings. The largest absolute Gasteiger partial charge is 0.503 e. The first-order chi connectivity index (χ1) is 14.7. The molecule has 2 aromatic rings. The first-order valence-corrected chi connectivity index (χ1v) is 11.0. The molecule has 1 atom stereocenters. The van der Waals surface area contributed by atoms with Crippen molar-refractivity contribution < 1.29 is 24.2 Å². The van der Waals surface area contributed by atoms with Crippen molar-refractivity contribution in [1.82, 2.24) is 9.88 Å². The fourth-order valence-corrected chi connectivity index (χ4v) is 4.57. The van der Waals surface area contributed by atoms with Gasteiger partial charge in [-0.1, -0.05) is 12.1 Å². The summed E-state index contributed by atoms with van der Waals surface area (Å²) >= 11 is 1.26. The molecule has 0 radical (unpaired) electrons. The van der Waals surface area contributed by atoms with Gasteiger partial charge in [-0.15, -0.1) is 11.3 Å². The molecule has 0 saturated carbocycles. The van der Waals surface area contributed by atoms with E-state index in [-0.39, 0.29) is 17.5 Å². The molecule has 31 heavy (non-hydrogen) atoms. The molecule has 1 N–H and O–H groups in total. The quantitative estimate of drug-likeness (QED) is 0.461. The van der Waals surface area contributed by atoms with E-state index < -0.39 is 17.7 Å². The molecule has 1 aromatic carbocycles. The number of carbonyl (C=O) groups is 2. The van der Waals surface area contributed by atoms with E-state index in [9.17, 15) is 14.7 Å². The summed E-state index contributed by atoms with van der Waals surface area (Å²) < 4.78 is 10.9. The van der Waals surface area contributed by atoms with Crippen molar-refractivity contribution in [1.29, 1.82) is 0 Å². The zero-order valence-electron chi connectivity index (χ0n) is 18.5. The van der Waals surface area contributed by atoms with E-state index in [1.165, 1.54) is 16.2 Å². The lowest BCUT2D eigenvalue weighted by Crippen LogP contribution is -2.32. The number of aliphatic hydroxyl groups excluding tert-OH is 1. The fraction of sp³-hybridized carbons (Fsp3) is 0.435. The molecule has 1 unspecified atom stereocenters. The zero-order valence-corrected chi connectivity index (χ0v) is 19.3. The fourth-order valence-electron chi connectivity index (χ4n) is 3.69. The van der Waals surface area contributed by atoms with E-state index in [1.807, 2.05) is 26.8 Å². The zero-order chi connectivity index (χ0) is 22.7. The molecule has 0 bridgehead atoms. The van der Waals surface area contributed by atoms with Crippen molar-refractivity contribution in [2.45, 2.75) is 46.3 Å². The monoisotopic (exact) mass is 444 g/mol. The van der Waals surface area contributed by atoms with Crippen molar-refractivity contribution in [3.8, 4) is 5.75 Å². The number of nitrogens with zero attached hydrogens (tertiary/aromatic N) is 2. The van der Waals surface area contributed by atoms with E-state index >= 15 is 0 Å². The second-order valence-electron chi connectivity index (χ2n) is 7.69. The Morgan fingerprint density at radius 2 is 2.06 bits per heavy atom. The lowest BCUT2D eigenvalue weighted by atomic mass is 9.95. The van der Waals surface area contributed by atoms with Crippen LogP contribution in [0.1, 0.15) is 52.2 Å². The number of aromatic nitrogens is 1. The lowest BCUT2D eigenvalue weighted by Gasteiger charge is -2.27. The van der Waals surface area contributed by atoms with Crippen molar-refractivity contribution >= 4 is 23.0 Å². The van der Waals surface area contributed by atoms with Gasteiger partial charge in [0.15, 0.2) is 5.76 Å². The molecule has 0 spiro atoms. The summed E-state index contributed by atoms with van der Waals surface area (Å²) in [5.41, 5.74) is 1.37. The molecular weight excluding hydrogens is 416 g/mol. The highest BCUT2D eigenvalue weighted by molar-refractivity contribution is 7.14. The van der Waals surface area contributed by atoms with E-state index in [0.29, 0.717) is 41.5 Å². The second kappa shape index (κ2) is 9.62. The van der Waals surface area contributed by atoms with Gasteiger partial charge in [0.25, 0.3) is 5.91 Å². The van der Waals surface area contributed by atoms with Crippen LogP contribution in [0, 0.1) is 13.8 Å². The Morgan fingerprint density at radius 3 is 2.68 bits per heavy atom. The van der Waals surface area contributed by atoms with Crippen LogP contribution in [0.2, 0.25) is 0 Å². The molecule has 1 aromatic heterocycles. The van der Waals surface area contributed by atoms with Crippen LogP contribution < -0.4 is 4.74 Å². The van der Waals surface area contributed by atoms with Gasteiger partial charge in [0.05, 0.1) is 40.4 Å². The van der Waals surface area contributed by atoms with Gasteiger partial charge in [0.2, 0.25) is 5.78 Å². The highest BCUT2D eigenvalue weighted by Crippen LogP contribution is 2.40. The second-order valence-corrected chi connectivity index (χ2v) is 8.89. The predicted molar refractivity (Wildman–Crippen MR) is 119 cm³/mol. The van der Waals surface area contributed by atoms with Crippen molar-refractivity contribution in [3.05, 3.63) is 56.7 Å². The van der Waals surface area contributed by atoms with Crippen LogP contribution >= 0.6 is 11.3 Å². The molecule has 8 heteroatoms. The first-order valence-electron chi connectivity index (χ1n) is 10.2. The summed E-state index contributed by atoms with van der Waals surface area (Å²) in [5.74, 6) is -0.827. The van der Waals surface area contributed by atoms with Crippen LogP contribution in [0.15, 0.2) is 35.6 Å². The van der Waals surface area contributed by atoms with Gasteiger partial charge in [0.1, 0.15) is 5.75 Å². The van der Waals surface area contributed by atoms with Gasteiger partial charge in [-0.2, -0.15) is 0 Å². The van der Waals surface area contributed by atoms with Gasteiger partial charge in [-0.3, -0.25) is 9.59 Å². The molecule has 3 rings (SSSR count). The van der Waals surface area contributed by atoms with E-state index in [4.69, 9.17) is 9.47 Å².